The lowest BCUT2D eigenvalue weighted by Gasteiger charge is -2.31. The number of carbonyl (C=O) groups is 1. The molecule has 1 aromatic heterocycles. The first-order valence-corrected chi connectivity index (χ1v) is 7.84. The molecule has 1 saturated heterocycles. The Morgan fingerprint density at radius 2 is 2.04 bits per heavy atom. The molecule has 24 heavy (non-hydrogen) atoms. The summed E-state index contributed by atoms with van der Waals surface area (Å²) in [4.78, 5) is 16.6. The van der Waals surface area contributed by atoms with Crippen molar-refractivity contribution in [1.82, 2.24) is 4.98 Å². The summed E-state index contributed by atoms with van der Waals surface area (Å²) in [6.07, 6.45) is 2.88. The number of aromatic nitrogens is 1. The van der Waals surface area contributed by atoms with Crippen LogP contribution in [0.5, 0.6) is 11.5 Å². The quantitative estimate of drug-likeness (QED) is 0.927. The van der Waals surface area contributed by atoms with E-state index in [1.54, 1.807) is 24.3 Å². The van der Waals surface area contributed by atoms with Gasteiger partial charge < -0.3 is 14.8 Å². The van der Waals surface area contributed by atoms with Crippen molar-refractivity contribution in [2.45, 2.75) is 19.8 Å². The zero-order valence-corrected chi connectivity index (χ0v) is 13.4. The van der Waals surface area contributed by atoms with E-state index in [1.807, 2.05) is 6.92 Å². The number of hydrogen-bond acceptors (Lipinski definition) is 4. The molecule has 1 aliphatic rings. The Bertz CT molecular complexity index is 712. The lowest BCUT2D eigenvalue weighted by atomic mass is 9.81. The van der Waals surface area contributed by atoms with Crippen LogP contribution < -0.4 is 10.1 Å². The van der Waals surface area contributed by atoms with Crippen LogP contribution in [-0.4, -0.2) is 24.1 Å². The Hall–Kier alpha value is -2.47. The van der Waals surface area contributed by atoms with Crippen LogP contribution in [0, 0.1) is 11.2 Å². The van der Waals surface area contributed by atoms with Crippen LogP contribution >= 0.6 is 0 Å². The van der Waals surface area contributed by atoms with E-state index in [4.69, 9.17) is 9.47 Å². The van der Waals surface area contributed by atoms with E-state index >= 15 is 0 Å². The number of halogens is 1. The van der Waals surface area contributed by atoms with Crippen molar-refractivity contribution < 1.29 is 18.7 Å². The maximum Gasteiger partial charge on any atom is 0.231 e. The topological polar surface area (TPSA) is 60.5 Å². The lowest BCUT2D eigenvalue weighted by Crippen LogP contribution is -2.38. The third-order valence-electron chi connectivity index (χ3n) is 4.15. The molecular weight excluding hydrogens is 311 g/mol. The molecule has 126 valence electrons. The van der Waals surface area contributed by atoms with E-state index in [2.05, 4.69) is 10.3 Å². The lowest BCUT2D eigenvalue weighted by molar-refractivity contribution is -0.129. The monoisotopic (exact) mass is 330 g/mol. The molecule has 0 radical (unpaired) electrons. The molecule has 0 aliphatic carbocycles. The molecular formula is C18H19FN2O3. The summed E-state index contributed by atoms with van der Waals surface area (Å²) >= 11 is 0. The Morgan fingerprint density at radius 1 is 1.25 bits per heavy atom. The van der Waals surface area contributed by atoms with Gasteiger partial charge in [-0.15, -0.1) is 0 Å². The van der Waals surface area contributed by atoms with Crippen LogP contribution in [-0.2, 0) is 9.53 Å². The second kappa shape index (κ2) is 6.97. The summed E-state index contributed by atoms with van der Waals surface area (Å²) < 4.78 is 24.0. The van der Waals surface area contributed by atoms with E-state index in [-0.39, 0.29) is 11.7 Å². The average Bonchev–Trinajstić information content (AvgIpc) is 2.57. The number of nitrogens with one attached hydrogen (secondary N) is 1. The van der Waals surface area contributed by atoms with E-state index in [0.29, 0.717) is 43.4 Å². The predicted octanol–water partition coefficient (Wildman–Crippen LogP) is 3.77. The van der Waals surface area contributed by atoms with Crippen molar-refractivity contribution >= 4 is 11.7 Å². The number of nitrogens with zero attached hydrogens (tertiary/aromatic N) is 1. The zero-order chi connectivity index (χ0) is 17.0. The third kappa shape index (κ3) is 3.89. The van der Waals surface area contributed by atoms with Crippen molar-refractivity contribution in [3.8, 4) is 11.5 Å². The molecule has 0 atom stereocenters. The maximum atomic E-state index is 13.1. The molecule has 6 heteroatoms. The standard InChI is InChI=1S/C18H19FN2O3/c1-18(7-9-23-10-8-18)17(22)21-16-6-5-15(12-20-16)24-14-4-2-3-13(19)11-14/h2-6,11-12H,7-10H2,1H3,(H,20,21,22). The number of rotatable bonds is 4. The third-order valence-corrected chi connectivity index (χ3v) is 4.15. The van der Waals surface area contributed by atoms with E-state index in [1.165, 1.54) is 18.3 Å². The molecule has 0 saturated carbocycles. The van der Waals surface area contributed by atoms with Crippen molar-refractivity contribution in [3.63, 3.8) is 0 Å². The summed E-state index contributed by atoms with van der Waals surface area (Å²) in [5, 5.41) is 2.83. The van der Waals surface area contributed by atoms with Crippen molar-refractivity contribution in [2.24, 2.45) is 5.41 Å². The molecule has 1 amide bonds. The minimum absolute atomic E-state index is 0.0582. The fourth-order valence-corrected chi connectivity index (χ4v) is 2.50. The summed E-state index contributed by atoms with van der Waals surface area (Å²) in [5.74, 6) is 0.893. The molecule has 0 spiro atoms. The van der Waals surface area contributed by atoms with Gasteiger partial charge in [-0.2, -0.15) is 0 Å². The largest absolute Gasteiger partial charge is 0.456 e. The molecule has 1 fully saturated rings. The van der Waals surface area contributed by atoms with Crippen molar-refractivity contribution in [2.75, 3.05) is 18.5 Å². The molecule has 2 aromatic rings. The van der Waals surface area contributed by atoms with E-state index < -0.39 is 5.41 Å². The number of carbonyl (C=O) groups excluding carboxylic acids is 1. The molecule has 0 unspecified atom stereocenters. The normalized spacial score (nSPS) is 16.4. The Balaban J connectivity index is 1.63. The number of anilines is 1. The van der Waals surface area contributed by atoms with Gasteiger partial charge in [0.25, 0.3) is 0 Å². The second-order valence-corrected chi connectivity index (χ2v) is 6.07. The minimum Gasteiger partial charge on any atom is -0.456 e. The highest BCUT2D eigenvalue weighted by Gasteiger charge is 2.35. The van der Waals surface area contributed by atoms with Crippen LogP contribution in [0.1, 0.15) is 19.8 Å². The molecule has 1 N–H and O–H groups in total. The number of amides is 1. The van der Waals surface area contributed by atoms with Gasteiger partial charge in [0.05, 0.1) is 11.6 Å². The number of benzene rings is 1. The van der Waals surface area contributed by atoms with Gasteiger partial charge in [0.2, 0.25) is 5.91 Å². The van der Waals surface area contributed by atoms with Gasteiger partial charge in [0.1, 0.15) is 23.1 Å². The molecule has 1 aromatic carbocycles. The van der Waals surface area contributed by atoms with Crippen molar-refractivity contribution in [3.05, 3.63) is 48.4 Å². The highest BCUT2D eigenvalue weighted by molar-refractivity contribution is 5.94. The molecule has 5 nitrogen and oxygen atoms in total. The van der Waals surface area contributed by atoms with Gasteiger partial charge in [-0.05, 0) is 37.1 Å². The molecule has 2 heterocycles. The SMILES string of the molecule is CC1(C(=O)Nc2ccc(Oc3cccc(F)c3)cn2)CCOCC1. The van der Waals surface area contributed by atoms with Gasteiger partial charge >= 0.3 is 0 Å². The number of ether oxygens (including phenoxy) is 2. The zero-order valence-electron chi connectivity index (χ0n) is 13.4. The first-order valence-electron chi connectivity index (χ1n) is 7.84. The summed E-state index contributed by atoms with van der Waals surface area (Å²) in [7, 11) is 0. The van der Waals surface area contributed by atoms with Crippen LogP contribution in [0.2, 0.25) is 0 Å². The molecule has 3 rings (SSSR count). The predicted molar refractivity (Wildman–Crippen MR) is 87.5 cm³/mol. The summed E-state index contributed by atoms with van der Waals surface area (Å²) in [5.41, 5.74) is -0.434. The van der Waals surface area contributed by atoms with Crippen LogP contribution in [0.15, 0.2) is 42.6 Å². The van der Waals surface area contributed by atoms with E-state index in [9.17, 15) is 9.18 Å². The highest BCUT2D eigenvalue weighted by Crippen LogP contribution is 2.31. The van der Waals surface area contributed by atoms with Gasteiger partial charge in [-0.1, -0.05) is 13.0 Å². The van der Waals surface area contributed by atoms with Crippen LogP contribution in [0.4, 0.5) is 10.2 Å². The van der Waals surface area contributed by atoms with Crippen LogP contribution in [0.25, 0.3) is 0 Å². The van der Waals surface area contributed by atoms with Crippen LogP contribution in [0.3, 0.4) is 0 Å². The Morgan fingerprint density at radius 3 is 2.71 bits per heavy atom. The first kappa shape index (κ1) is 16.4. The maximum absolute atomic E-state index is 13.1. The first-order chi connectivity index (χ1) is 11.5. The van der Waals surface area contributed by atoms with Gasteiger partial charge in [-0.3, -0.25) is 4.79 Å². The fraction of sp³-hybridized carbons (Fsp3) is 0.333. The smallest absolute Gasteiger partial charge is 0.231 e. The van der Waals surface area contributed by atoms with Crippen molar-refractivity contribution in [1.29, 1.82) is 0 Å². The van der Waals surface area contributed by atoms with Gasteiger partial charge in [0, 0.05) is 19.3 Å². The summed E-state index contributed by atoms with van der Waals surface area (Å²) in [6.45, 7) is 3.13. The minimum atomic E-state index is -0.434. The second-order valence-electron chi connectivity index (χ2n) is 6.07. The van der Waals surface area contributed by atoms with Gasteiger partial charge in [-0.25, -0.2) is 9.37 Å². The average molecular weight is 330 g/mol. The Kier molecular flexibility index (Phi) is 4.76. The highest BCUT2D eigenvalue weighted by atomic mass is 19.1. The van der Waals surface area contributed by atoms with Gasteiger partial charge in [0.15, 0.2) is 0 Å². The number of hydrogen-bond donors (Lipinski definition) is 1. The molecule has 1 aliphatic heterocycles. The van der Waals surface area contributed by atoms with E-state index in [0.717, 1.165) is 0 Å². The number of pyridine rings is 1. The summed E-state index contributed by atoms with van der Waals surface area (Å²) in [6, 6.07) is 9.21. The fourth-order valence-electron chi connectivity index (χ4n) is 2.50. The Labute approximate surface area is 139 Å². The molecule has 0 bridgehead atoms.